The molecule has 2 atom stereocenters. The summed E-state index contributed by atoms with van der Waals surface area (Å²) in [5, 5.41) is 3.55. The van der Waals surface area contributed by atoms with Gasteiger partial charge in [0.15, 0.2) is 0 Å². The van der Waals surface area contributed by atoms with Gasteiger partial charge in [0.25, 0.3) is 0 Å². The Balaban J connectivity index is 3.97. The lowest BCUT2D eigenvalue weighted by Crippen LogP contribution is -2.37. The Morgan fingerprint density at radius 3 is 2.31 bits per heavy atom. The zero-order valence-electron chi connectivity index (χ0n) is 9.64. The average molecular weight is 183 g/mol. The van der Waals surface area contributed by atoms with Crippen molar-refractivity contribution in [2.45, 2.75) is 46.6 Å². The van der Waals surface area contributed by atoms with E-state index in [1.54, 1.807) is 0 Å². The van der Waals surface area contributed by atoms with Crippen LogP contribution in [-0.4, -0.2) is 12.6 Å². The Morgan fingerprint density at radius 1 is 1.31 bits per heavy atom. The smallest absolute Gasteiger partial charge is 0.00979 e. The second kappa shape index (κ2) is 7.14. The minimum atomic E-state index is 0.656. The summed E-state index contributed by atoms with van der Waals surface area (Å²) in [5.74, 6) is 1.51. The summed E-state index contributed by atoms with van der Waals surface area (Å²) in [6.07, 6.45) is 4.35. The molecule has 0 rings (SSSR count). The van der Waals surface area contributed by atoms with Crippen molar-refractivity contribution in [1.82, 2.24) is 5.32 Å². The van der Waals surface area contributed by atoms with Crippen molar-refractivity contribution in [3.8, 4) is 0 Å². The van der Waals surface area contributed by atoms with Crippen LogP contribution >= 0.6 is 0 Å². The van der Waals surface area contributed by atoms with Gasteiger partial charge in [-0.25, -0.2) is 0 Å². The SMILES string of the molecule is C=CCCC(NCC)C(C)C(C)C. The first-order chi connectivity index (χ1) is 6.13. The third-order valence-corrected chi connectivity index (χ3v) is 2.83. The van der Waals surface area contributed by atoms with Gasteiger partial charge in [-0.2, -0.15) is 0 Å². The molecule has 0 amide bonds. The fourth-order valence-electron chi connectivity index (χ4n) is 1.58. The highest BCUT2D eigenvalue weighted by Gasteiger charge is 2.17. The van der Waals surface area contributed by atoms with Crippen LogP contribution in [0, 0.1) is 11.8 Å². The lowest BCUT2D eigenvalue weighted by molar-refractivity contribution is 0.290. The standard InChI is InChI=1S/C12H25N/c1-6-8-9-12(13-7-2)11(5)10(3)4/h6,10-13H,1,7-9H2,2-5H3. The van der Waals surface area contributed by atoms with Crippen molar-refractivity contribution in [1.29, 1.82) is 0 Å². The van der Waals surface area contributed by atoms with Crippen LogP contribution in [0.15, 0.2) is 12.7 Å². The van der Waals surface area contributed by atoms with E-state index < -0.39 is 0 Å². The number of hydrogen-bond donors (Lipinski definition) is 1. The van der Waals surface area contributed by atoms with E-state index in [2.05, 4.69) is 39.6 Å². The van der Waals surface area contributed by atoms with Crippen LogP contribution in [0.2, 0.25) is 0 Å². The molecule has 0 aromatic heterocycles. The average Bonchev–Trinajstić information content (AvgIpc) is 2.11. The molecule has 0 aliphatic heterocycles. The van der Waals surface area contributed by atoms with Crippen molar-refractivity contribution >= 4 is 0 Å². The normalized spacial score (nSPS) is 15.8. The summed E-state index contributed by atoms with van der Waals surface area (Å²) in [6.45, 7) is 13.9. The maximum absolute atomic E-state index is 3.77. The van der Waals surface area contributed by atoms with E-state index in [9.17, 15) is 0 Å². The molecule has 1 nitrogen and oxygen atoms in total. The van der Waals surface area contributed by atoms with Gasteiger partial charge >= 0.3 is 0 Å². The van der Waals surface area contributed by atoms with Crippen LogP contribution in [0.4, 0.5) is 0 Å². The van der Waals surface area contributed by atoms with E-state index in [-0.39, 0.29) is 0 Å². The fourth-order valence-corrected chi connectivity index (χ4v) is 1.58. The van der Waals surface area contributed by atoms with Crippen molar-refractivity contribution in [3.05, 3.63) is 12.7 Å². The summed E-state index contributed by atoms with van der Waals surface area (Å²) < 4.78 is 0. The first-order valence-corrected chi connectivity index (χ1v) is 5.47. The largest absolute Gasteiger partial charge is 0.314 e. The van der Waals surface area contributed by atoms with Crippen molar-refractivity contribution in [3.63, 3.8) is 0 Å². The quantitative estimate of drug-likeness (QED) is 0.598. The van der Waals surface area contributed by atoms with Crippen molar-refractivity contribution < 1.29 is 0 Å². The van der Waals surface area contributed by atoms with Gasteiger partial charge < -0.3 is 5.32 Å². The van der Waals surface area contributed by atoms with Gasteiger partial charge in [0.2, 0.25) is 0 Å². The van der Waals surface area contributed by atoms with E-state index in [0.29, 0.717) is 6.04 Å². The molecule has 0 aromatic carbocycles. The summed E-state index contributed by atoms with van der Waals surface area (Å²) >= 11 is 0. The molecule has 0 aliphatic rings. The third kappa shape index (κ3) is 5.09. The Kier molecular flexibility index (Phi) is 6.97. The number of hydrogen-bond acceptors (Lipinski definition) is 1. The third-order valence-electron chi connectivity index (χ3n) is 2.83. The Hall–Kier alpha value is -0.300. The van der Waals surface area contributed by atoms with E-state index in [0.717, 1.165) is 24.8 Å². The van der Waals surface area contributed by atoms with Crippen LogP contribution < -0.4 is 5.32 Å². The van der Waals surface area contributed by atoms with Crippen LogP contribution in [0.25, 0.3) is 0 Å². The second-order valence-electron chi connectivity index (χ2n) is 4.13. The number of nitrogens with one attached hydrogen (secondary N) is 1. The van der Waals surface area contributed by atoms with Crippen LogP contribution in [-0.2, 0) is 0 Å². The molecule has 13 heavy (non-hydrogen) atoms. The first-order valence-electron chi connectivity index (χ1n) is 5.47. The molecule has 0 spiro atoms. The van der Waals surface area contributed by atoms with Crippen LogP contribution in [0.1, 0.15) is 40.5 Å². The van der Waals surface area contributed by atoms with Gasteiger partial charge in [-0.15, -0.1) is 6.58 Å². The molecule has 0 radical (unpaired) electrons. The summed E-state index contributed by atoms with van der Waals surface area (Å²) in [6, 6.07) is 0.656. The van der Waals surface area contributed by atoms with Gasteiger partial charge in [-0.1, -0.05) is 33.8 Å². The molecule has 0 saturated carbocycles. The molecule has 0 heterocycles. The molecular formula is C12H25N. The van der Waals surface area contributed by atoms with Gasteiger partial charge in [0.1, 0.15) is 0 Å². The summed E-state index contributed by atoms with van der Waals surface area (Å²) in [5.41, 5.74) is 0. The molecule has 78 valence electrons. The zero-order chi connectivity index (χ0) is 10.3. The minimum Gasteiger partial charge on any atom is -0.314 e. The van der Waals surface area contributed by atoms with E-state index in [1.807, 2.05) is 6.08 Å². The van der Waals surface area contributed by atoms with Crippen molar-refractivity contribution in [2.24, 2.45) is 11.8 Å². The Labute approximate surface area is 83.6 Å². The van der Waals surface area contributed by atoms with Crippen LogP contribution in [0.3, 0.4) is 0 Å². The molecule has 1 heteroatoms. The second-order valence-corrected chi connectivity index (χ2v) is 4.13. The van der Waals surface area contributed by atoms with Gasteiger partial charge in [-0.3, -0.25) is 0 Å². The monoisotopic (exact) mass is 183 g/mol. The zero-order valence-corrected chi connectivity index (χ0v) is 9.64. The first kappa shape index (κ1) is 12.7. The number of rotatable bonds is 7. The Bertz CT molecular complexity index is 129. The van der Waals surface area contributed by atoms with Gasteiger partial charge in [0, 0.05) is 6.04 Å². The highest BCUT2D eigenvalue weighted by atomic mass is 14.9. The van der Waals surface area contributed by atoms with Gasteiger partial charge in [0.05, 0.1) is 0 Å². The number of allylic oxidation sites excluding steroid dienone is 1. The Morgan fingerprint density at radius 2 is 1.92 bits per heavy atom. The molecule has 0 bridgehead atoms. The van der Waals surface area contributed by atoms with Gasteiger partial charge in [-0.05, 0) is 31.2 Å². The lowest BCUT2D eigenvalue weighted by atomic mass is 9.87. The molecule has 0 aliphatic carbocycles. The molecule has 1 N–H and O–H groups in total. The van der Waals surface area contributed by atoms with E-state index in [1.165, 1.54) is 6.42 Å². The summed E-state index contributed by atoms with van der Waals surface area (Å²) in [4.78, 5) is 0. The molecule has 0 aromatic rings. The highest BCUT2D eigenvalue weighted by molar-refractivity contribution is 4.79. The minimum absolute atomic E-state index is 0.656. The maximum Gasteiger partial charge on any atom is 0.00979 e. The lowest BCUT2D eigenvalue weighted by Gasteiger charge is -2.27. The molecule has 0 saturated heterocycles. The summed E-state index contributed by atoms with van der Waals surface area (Å²) in [7, 11) is 0. The molecular weight excluding hydrogens is 158 g/mol. The maximum atomic E-state index is 3.77. The molecule has 0 fully saturated rings. The topological polar surface area (TPSA) is 12.0 Å². The van der Waals surface area contributed by atoms with Crippen LogP contribution in [0.5, 0.6) is 0 Å². The predicted octanol–water partition coefficient (Wildman–Crippen LogP) is 3.22. The predicted molar refractivity (Wildman–Crippen MR) is 60.9 cm³/mol. The van der Waals surface area contributed by atoms with Crippen molar-refractivity contribution in [2.75, 3.05) is 6.54 Å². The highest BCUT2D eigenvalue weighted by Crippen LogP contribution is 2.18. The van der Waals surface area contributed by atoms with E-state index >= 15 is 0 Å². The fraction of sp³-hybridized carbons (Fsp3) is 0.833. The molecule has 2 unspecified atom stereocenters. The van der Waals surface area contributed by atoms with E-state index in [4.69, 9.17) is 0 Å².